The number of ketones is 1. The number of carbonyl (C=O) groups is 3. The third kappa shape index (κ3) is 16.9. The van der Waals surface area contributed by atoms with Crippen LogP contribution >= 0.6 is 0 Å². The molecule has 0 aromatic rings. The van der Waals surface area contributed by atoms with Gasteiger partial charge in [-0.15, -0.1) is 0 Å². The van der Waals surface area contributed by atoms with Crippen molar-refractivity contribution in [2.75, 3.05) is 0 Å². The van der Waals surface area contributed by atoms with Crippen LogP contribution in [0.5, 0.6) is 0 Å². The molecule has 0 spiro atoms. The fraction of sp³-hybridized carbons (Fsp3) is 0.625. The molecule has 0 aromatic heterocycles. The molecule has 0 unspecified atom stereocenters. The lowest BCUT2D eigenvalue weighted by atomic mass is 10.1. The van der Waals surface area contributed by atoms with Gasteiger partial charge >= 0.3 is 11.9 Å². The number of hydrogen-bond acceptors (Lipinski definition) is 4. The SMILES string of the molecule is CC(=O)C(=O)O.CC(C)(O)CC(=O)O. The number of carboxylic acids is 2. The Morgan fingerprint density at radius 2 is 1.43 bits per heavy atom. The molecule has 0 saturated heterocycles. The second kappa shape index (κ2) is 6.09. The van der Waals surface area contributed by atoms with Gasteiger partial charge in [0.25, 0.3) is 0 Å². The minimum absolute atomic E-state index is 0.201. The molecule has 0 rings (SSSR count). The first-order chi connectivity index (χ1) is 6.06. The van der Waals surface area contributed by atoms with Crippen LogP contribution in [0.25, 0.3) is 0 Å². The van der Waals surface area contributed by atoms with Gasteiger partial charge in [-0.1, -0.05) is 0 Å². The number of aliphatic hydroxyl groups is 1. The average molecular weight is 206 g/mol. The van der Waals surface area contributed by atoms with E-state index in [9.17, 15) is 14.4 Å². The zero-order chi connectivity index (χ0) is 11.9. The Labute approximate surface area is 81.2 Å². The molecule has 0 atom stereocenters. The summed E-state index contributed by atoms with van der Waals surface area (Å²) in [4.78, 5) is 28.7. The van der Waals surface area contributed by atoms with E-state index in [1.54, 1.807) is 0 Å². The van der Waals surface area contributed by atoms with E-state index >= 15 is 0 Å². The molecule has 6 heteroatoms. The van der Waals surface area contributed by atoms with Crippen LogP contribution in [0.2, 0.25) is 0 Å². The molecule has 6 nitrogen and oxygen atoms in total. The third-order valence-corrected chi connectivity index (χ3v) is 0.885. The summed E-state index contributed by atoms with van der Waals surface area (Å²) in [6, 6.07) is 0. The van der Waals surface area contributed by atoms with E-state index in [2.05, 4.69) is 0 Å². The first kappa shape index (κ1) is 15.1. The van der Waals surface area contributed by atoms with Crippen molar-refractivity contribution >= 4 is 17.7 Å². The molecule has 0 aromatic carbocycles. The maximum atomic E-state index is 9.85. The van der Waals surface area contributed by atoms with E-state index in [4.69, 9.17) is 15.3 Å². The van der Waals surface area contributed by atoms with E-state index in [1.165, 1.54) is 13.8 Å². The molecule has 14 heavy (non-hydrogen) atoms. The van der Waals surface area contributed by atoms with Gasteiger partial charge in [-0.05, 0) is 13.8 Å². The summed E-state index contributed by atoms with van der Waals surface area (Å²) >= 11 is 0. The van der Waals surface area contributed by atoms with Crippen LogP contribution < -0.4 is 0 Å². The minimum Gasteiger partial charge on any atom is -0.481 e. The molecule has 0 aliphatic carbocycles. The predicted octanol–water partition coefficient (Wildman–Crippen LogP) is -0.108. The van der Waals surface area contributed by atoms with E-state index < -0.39 is 23.3 Å². The van der Waals surface area contributed by atoms with Crippen molar-refractivity contribution in [3.05, 3.63) is 0 Å². The average Bonchev–Trinajstić information content (AvgIpc) is 1.81. The van der Waals surface area contributed by atoms with Crippen LogP contribution in [-0.2, 0) is 14.4 Å². The summed E-state index contributed by atoms with van der Waals surface area (Å²) < 4.78 is 0. The van der Waals surface area contributed by atoms with Gasteiger partial charge in [0, 0.05) is 6.92 Å². The number of Topliss-reactive ketones (excluding diaryl/α,β-unsaturated/α-hetero) is 1. The molecule has 0 saturated carbocycles. The van der Waals surface area contributed by atoms with Crippen molar-refractivity contribution < 1.29 is 29.7 Å². The van der Waals surface area contributed by atoms with Gasteiger partial charge in [0.05, 0.1) is 12.0 Å². The van der Waals surface area contributed by atoms with Crippen molar-refractivity contribution in [3.63, 3.8) is 0 Å². The monoisotopic (exact) mass is 206 g/mol. The lowest BCUT2D eigenvalue weighted by Gasteiger charge is -2.12. The summed E-state index contributed by atoms with van der Waals surface area (Å²) in [6.07, 6.45) is -0.201. The first-order valence-electron chi connectivity index (χ1n) is 3.74. The van der Waals surface area contributed by atoms with E-state index in [0.29, 0.717) is 0 Å². The highest BCUT2D eigenvalue weighted by molar-refractivity contribution is 6.31. The quantitative estimate of drug-likeness (QED) is 0.555. The van der Waals surface area contributed by atoms with Gasteiger partial charge < -0.3 is 15.3 Å². The number of carboxylic acid groups (broad SMARTS) is 2. The van der Waals surface area contributed by atoms with Crippen LogP contribution in [0.1, 0.15) is 27.2 Å². The molecule has 0 fully saturated rings. The van der Waals surface area contributed by atoms with E-state index in [-0.39, 0.29) is 6.42 Å². The molecule has 0 bridgehead atoms. The highest BCUT2D eigenvalue weighted by Gasteiger charge is 2.16. The molecule has 0 aliphatic heterocycles. The van der Waals surface area contributed by atoms with E-state index in [1.807, 2.05) is 0 Å². The zero-order valence-electron chi connectivity index (χ0n) is 8.27. The standard InChI is InChI=1S/C5H10O3.C3H4O3/c1-5(2,8)3-4(6)7;1-2(4)3(5)6/h8H,3H2,1-2H3,(H,6,7);1H3,(H,5,6). The Morgan fingerprint density at radius 3 is 1.43 bits per heavy atom. The Bertz CT molecular complexity index is 212. The van der Waals surface area contributed by atoms with Crippen molar-refractivity contribution in [2.45, 2.75) is 32.8 Å². The molecular weight excluding hydrogens is 192 g/mol. The maximum absolute atomic E-state index is 9.85. The van der Waals surface area contributed by atoms with Crippen LogP contribution in [0, 0.1) is 0 Å². The lowest BCUT2D eigenvalue weighted by Crippen LogP contribution is -2.22. The van der Waals surface area contributed by atoms with Crippen LogP contribution in [0.15, 0.2) is 0 Å². The second-order valence-corrected chi connectivity index (χ2v) is 3.24. The number of rotatable bonds is 3. The van der Waals surface area contributed by atoms with Gasteiger partial charge in [0.1, 0.15) is 0 Å². The van der Waals surface area contributed by atoms with Crippen LogP contribution in [0.3, 0.4) is 0 Å². The van der Waals surface area contributed by atoms with Gasteiger partial charge in [0.2, 0.25) is 5.78 Å². The number of hydrogen-bond donors (Lipinski definition) is 3. The van der Waals surface area contributed by atoms with Crippen molar-refractivity contribution in [1.82, 2.24) is 0 Å². The normalized spacial score (nSPS) is 9.71. The summed E-state index contributed by atoms with van der Waals surface area (Å²) in [5.74, 6) is -3.18. The Kier molecular flexibility index (Phi) is 6.55. The molecule has 0 heterocycles. The molecule has 0 amide bonds. The summed E-state index contributed by atoms with van der Waals surface area (Å²) in [5, 5.41) is 24.5. The van der Waals surface area contributed by atoms with Crippen LogP contribution in [0.4, 0.5) is 0 Å². The smallest absolute Gasteiger partial charge is 0.371 e. The highest BCUT2D eigenvalue weighted by atomic mass is 16.4. The summed E-state index contributed by atoms with van der Waals surface area (Å²) in [7, 11) is 0. The maximum Gasteiger partial charge on any atom is 0.371 e. The predicted molar refractivity (Wildman–Crippen MR) is 46.9 cm³/mol. The largest absolute Gasteiger partial charge is 0.481 e. The highest BCUT2D eigenvalue weighted by Crippen LogP contribution is 2.05. The zero-order valence-corrected chi connectivity index (χ0v) is 8.27. The third-order valence-electron chi connectivity index (χ3n) is 0.885. The summed E-state index contributed by atoms with van der Waals surface area (Å²) in [6.45, 7) is 3.92. The minimum atomic E-state index is -1.38. The molecule has 3 N–H and O–H groups in total. The Balaban J connectivity index is 0. The number of aliphatic carboxylic acids is 2. The first-order valence-corrected chi connectivity index (χ1v) is 3.74. The van der Waals surface area contributed by atoms with Gasteiger partial charge in [0.15, 0.2) is 0 Å². The van der Waals surface area contributed by atoms with Crippen LogP contribution in [-0.4, -0.2) is 38.6 Å². The van der Waals surface area contributed by atoms with Crippen molar-refractivity contribution in [3.8, 4) is 0 Å². The lowest BCUT2D eigenvalue weighted by molar-refractivity contribution is -0.148. The van der Waals surface area contributed by atoms with Crippen molar-refractivity contribution in [2.24, 2.45) is 0 Å². The van der Waals surface area contributed by atoms with E-state index in [0.717, 1.165) is 6.92 Å². The Hall–Kier alpha value is -1.43. The summed E-state index contributed by atoms with van der Waals surface area (Å²) in [5.41, 5.74) is -1.08. The molecule has 0 radical (unpaired) electrons. The van der Waals surface area contributed by atoms with Gasteiger partial charge in [-0.3, -0.25) is 9.59 Å². The second-order valence-electron chi connectivity index (χ2n) is 3.24. The fourth-order valence-corrected chi connectivity index (χ4v) is 0.370. The fourth-order valence-electron chi connectivity index (χ4n) is 0.370. The Morgan fingerprint density at radius 1 is 1.14 bits per heavy atom. The molecule has 82 valence electrons. The van der Waals surface area contributed by atoms with Gasteiger partial charge in [-0.2, -0.15) is 0 Å². The topological polar surface area (TPSA) is 112 Å². The van der Waals surface area contributed by atoms with Gasteiger partial charge in [-0.25, -0.2) is 4.79 Å². The number of carbonyl (C=O) groups excluding carboxylic acids is 1. The van der Waals surface area contributed by atoms with Crippen molar-refractivity contribution in [1.29, 1.82) is 0 Å². The molecular formula is C8H14O6. The molecule has 0 aliphatic rings.